The van der Waals surface area contributed by atoms with Gasteiger partial charge in [0.15, 0.2) is 5.60 Å². The Kier molecular flexibility index (Phi) is 4.42. The van der Waals surface area contributed by atoms with E-state index in [1.807, 2.05) is 0 Å². The fourth-order valence-electron chi connectivity index (χ4n) is 4.26. The van der Waals surface area contributed by atoms with Crippen molar-refractivity contribution in [2.24, 2.45) is 11.8 Å². The Labute approximate surface area is 169 Å². The highest BCUT2D eigenvalue weighted by Gasteiger charge is 2.72. The van der Waals surface area contributed by atoms with Crippen LogP contribution in [-0.2, 0) is 33.4 Å². The number of fused-ring (bicyclic) bond motifs is 5. The van der Waals surface area contributed by atoms with Crippen molar-refractivity contribution in [3.63, 3.8) is 0 Å². The summed E-state index contributed by atoms with van der Waals surface area (Å²) in [7, 11) is 0. The summed E-state index contributed by atoms with van der Waals surface area (Å²) in [5.74, 6) is -5.21. The molecule has 0 radical (unpaired) electrons. The van der Waals surface area contributed by atoms with Gasteiger partial charge in [-0.1, -0.05) is 18.2 Å². The lowest BCUT2D eigenvalue weighted by molar-refractivity contribution is -0.384. The number of anilines is 1. The molecule has 4 atom stereocenters. The summed E-state index contributed by atoms with van der Waals surface area (Å²) in [6, 6.07) is 5.37. The molecule has 1 aromatic carbocycles. The van der Waals surface area contributed by atoms with Crippen LogP contribution in [0, 0.1) is 22.0 Å². The first-order chi connectivity index (χ1) is 14.2. The van der Waals surface area contributed by atoms with Crippen molar-refractivity contribution in [1.82, 2.24) is 0 Å². The van der Waals surface area contributed by atoms with Crippen molar-refractivity contribution in [2.45, 2.75) is 31.8 Å². The number of carbonyl (C=O) groups is 4. The number of hydrogen-bond donors (Lipinski definition) is 0. The number of imide groups is 1. The minimum atomic E-state index is -1.71. The Hall–Kier alpha value is -3.60. The van der Waals surface area contributed by atoms with Crippen LogP contribution in [0.25, 0.3) is 0 Å². The summed E-state index contributed by atoms with van der Waals surface area (Å²) in [6.07, 6.45) is 0.512. The Morgan fingerprint density at radius 3 is 2.40 bits per heavy atom. The lowest BCUT2D eigenvalue weighted by atomic mass is 9.76. The summed E-state index contributed by atoms with van der Waals surface area (Å²) in [5, 5.41) is 11.4. The maximum absolute atomic E-state index is 13.3. The highest BCUT2D eigenvalue weighted by atomic mass is 16.7. The highest BCUT2D eigenvalue weighted by molar-refractivity contribution is 6.24. The van der Waals surface area contributed by atoms with Gasteiger partial charge in [-0.2, -0.15) is 0 Å². The number of benzene rings is 1. The number of esters is 2. The average molecular weight is 416 g/mol. The van der Waals surface area contributed by atoms with E-state index in [-0.39, 0.29) is 5.69 Å². The molecule has 0 aromatic heterocycles. The van der Waals surface area contributed by atoms with Gasteiger partial charge in [-0.15, -0.1) is 0 Å². The van der Waals surface area contributed by atoms with Gasteiger partial charge in [0, 0.05) is 19.9 Å². The molecule has 2 bridgehead atoms. The Bertz CT molecular complexity index is 1000. The van der Waals surface area contributed by atoms with Crippen LogP contribution in [0.1, 0.15) is 13.8 Å². The first-order valence-electron chi connectivity index (χ1n) is 9.00. The molecule has 11 heteroatoms. The largest absolute Gasteiger partial charge is 0.422 e. The Morgan fingerprint density at radius 2 is 1.80 bits per heavy atom. The average Bonchev–Trinajstić information content (AvgIpc) is 3.31. The van der Waals surface area contributed by atoms with Crippen LogP contribution in [0.2, 0.25) is 0 Å². The number of para-hydroxylation sites is 2. The van der Waals surface area contributed by atoms with Gasteiger partial charge < -0.3 is 14.2 Å². The zero-order valence-electron chi connectivity index (χ0n) is 15.8. The number of hydrogen-bond acceptors (Lipinski definition) is 9. The molecule has 4 rings (SSSR count). The Balaban J connectivity index is 1.78. The number of rotatable bonds is 5. The van der Waals surface area contributed by atoms with Crippen LogP contribution in [0.5, 0.6) is 0 Å². The SMILES string of the molecule is CC(=O)OC(OC(C)=O)[C@@]12C=C[C@H](O1)[C@@H]1C(=O)N(c3ccccc3[N+](=O)[O-])C(=O)[C@@H]12. The van der Waals surface area contributed by atoms with E-state index in [0.29, 0.717) is 0 Å². The molecular weight excluding hydrogens is 400 g/mol. The molecule has 156 valence electrons. The van der Waals surface area contributed by atoms with Crippen LogP contribution in [-0.4, -0.2) is 46.7 Å². The molecule has 0 saturated carbocycles. The molecule has 0 spiro atoms. The lowest BCUT2D eigenvalue weighted by Gasteiger charge is -2.34. The standard InChI is InChI=1S/C19H16N2O9/c1-9(22)28-18(29-10(2)23)19-8-7-13(30-19)14-15(19)17(25)20(16(14)24)11-5-3-4-6-12(11)21(26)27/h3-8,13-15,18H,1-2H3/t13-,14-,15+,19-/m0/s1. The van der Waals surface area contributed by atoms with Gasteiger partial charge in [0.05, 0.1) is 22.9 Å². The summed E-state index contributed by atoms with van der Waals surface area (Å²) in [4.78, 5) is 61.1. The van der Waals surface area contributed by atoms with Crippen molar-refractivity contribution in [3.05, 3.63) is 46.5 Å². The smallest absolute Gasteiger partial charge is 0.305 e. The third-order valence-electron chi connectivity index (χ3n) is 5.31. The number of nitro groups is 1. The maximum Gasteiger partial charge on any atom is 0.305 e. The zero-order valence-corrected chi connectivity index (χ0v) is 15.8. The van der Waals surface area contributed by atoms with Crippen LogP contribution >= 0.6 is 0 Å². The van der Waals surface area contributed by atoms with E-state index in [1.165, 1.54) is 36.4 Å². The van der Waals surface area contributed by atoms with E-state index < -0.39 is 64.2 Å². The molecule has 30 heavy (non-hydrogen) atoms. The second kappa shape index (κ2) is 6.73. The van der Waals surface area contributed by atoms with Crippen molar-refractivity contribution in [1.29, 1.82) is 0 Å². The fourth-order valence-corrected chi connectivity index (χ4v) is 4.26. The number of ether oxygens (including phenoxy) is 3. The van der Waals surface area contributed by atoms with Crippen molar-refractivity contribution >= 4 is 35.1 Å². The molecule has 3 aliphatic heterocycles. The van der Waals surface area contributed by atoms with Gasteiger partial charge in [-0.25, -0.2) is 4.90 Å². The van der Waals surface area contributed by atoms with Crippen LogP contribution in [0.3, 0.4) is 0 Å². The molecule has 2 fully saturated rings. The molecule has 0 N–H and O–H groups in total. The van der Waals surface area contributed by atoms with E-state index in [4.69, 9.17) is 14.2 Å². The molecule has 1 aromatic rings. The lowest BCUT2D eigenvalue weighted by Crippen LogP contribution is -2.52. The van der Waals surface area contributed by atoms with Crippen molar-refractivity contribution < 1.29 is 38.3 Å². The second-order valence-electron chi connectivity index (χ2n) is 7.11. The van der Waals surface area contributed by atoms with Crippen LogP contribution in [0.15, 0.2) is 36.4 Å². The van der Waals surface area contributed by atoms with Crippen molar-refractivity contribution in [3.8, 4) is 0 Å². The first-order valence-corrected chi connectivity index (χ1v) is 9.00. The van der Waals surface area contributed by atoms with Crippen LogP contribution < -0.4 is 4.90 Å². The Morgan fingerprint density at radius 1 is 1.17 bits per heavy atom. The fraction of sp³-hybridized carbons (Fsp3) is 0.368. The summed E-state index contributed by atoms with van der Waals surface area (Å²) >= 11 is 0. The summed E-state index contributed by atoms with van der Waals surface area (Å²) in [5.41, 5.74) is -2.29. The molecular formula is C19H16N2O9. The predicted molar refractivity (Wildman–Crippen MR) is 96.6 cm³/mol. The normalized spacial score (nSPS) is 28.8. The second-order valence-corrected chi connectivity index (χ2v) is 7.11. The van der Waals surface area contributed by atoms with Gasteiger partial charge >= 0.3 is 11.9 Å². The van der Waals surface area contributed by atoms with Gasteiger partial charge in [-0.05, 0) is 12.1 Å². The maximum atomic E-state index is 13.3. The van der Waals surface area contributed by atoms with Gasteiger partial charge in [0.25, 0.3) is 12.0 Å². The molecule has 0 unspecified atom stereocenters. The monoisotopic (exact) mass is 416 g/mol. The quantitative estimate of drug-likeness (QED) is 0.170. The van der Waals surface area contributed by atoms with Crippen molar-refractivity contribution in [2.75, 3.05) is 4.90 Å². The number of amides is 2. The topological polar surface area (TPSA) is 142 Å². The van der Waals surface area contributed by atoms with Gasteiger partial charge in [-0.3, -0.25) is 29.3 Å². The predicted octanol–water partition coefficient (Wildman–Crippen LogP) is 0.860. The number of nitro benzene ring substituents is 1. The minimum Gasteiger partial charge on any atom is -0.422 e. The summed E-state index contributed by atoms with van der Waals surface area (Å²) in [6.45, 7) is 2.19. The molecule has 0 aliphatic carbocycles. The summed E-state index contributed by atoms with van der Waals surface area (Å²) < 4.78 is 16.1. The first kappa shape index (κ1) is 19.7. The zero-order chi connectivity index (χ0) is 21.8. The van der Waals surface area contributed by atoms with Gasteiger partial charge in [0.1, 0.15) is 5.69 Å². The third-order valence-corrected chi connectivity index (χ3v) is 5.31. The van der Waals surface area contributed by atoms with E-state index in [2.05, 4.69) is 0 Å². The highest BCUT2D eigenvalue weighted by Crippen LogP contribution is 2.55. The van der Waals surface area contributed by atoms with Gasteiger partial charge in [0.2, 0.25) is 11.8 Å². The van der Waals surface area contributed by atoms with Crippen LogP contribution in [0.4, 0.5) is 11.4 Å². The molecule has 3 aliphatic rings. The third kappa shape index (κ3) is 2.70. The molecule has 2 amide bonds. The number of nitrogens with zero attached hydrogens (tertiary/aromatic N) is 2. The minimum absolute atomic E-state index is 0.169. The van der Waals surface area contributed by atoms with E-state index in [1.54, 1.807) is 0 Å². The van der Waals surface area contributed by atoms with E-state index in [9.17, 15) is 29.3 Å². The molecule has 11 nitrogen and oxygen atoms in total. The van der Waals surface area contributed by atoms with E-state index >= 15 is 0 Å². The molecule has 2 saturated heterocycles. The van der Waals surface area contributed by atoms with E-state index in [0.717, 1.165) is 18.7 Å². The number of carbonyl (C=O) groups excluding carboxylic acids is 4. The molecule has 3 heterocycles.